The summed E-state index contributed by atoms with van der Waals surface area (Å²) in [5.74, 6) is -2.60. The zero-order valence-electron chi connectivity index (χ0n) is 35.1. The van der Waals surface area contributed by atoms with Crippen molar-refractivity contribution in [2.75, 3.05) is 46.2 Å². The van der Waals surface area contributed by atoms with Crippen LogP contribution in [0.25, 0.3) is 0 Å². The minimum Gasteiger partial charge on any atom is -0.478 e. The highest BCUT2D eigenvalue weighted by Crippen LogP contribution is 2.40. The van der Waals surface area contributed by atoms with Crippen LogP contribution in [-0.2, 0) is 44.6 Å². The second-order valence-electron chi connectivity index (χ2n) is 15.3. The van der Waals surface area contributed by atoms with E-state index in [1.54, 1.807) is 13.0 Å². The minimum absolute atomic E-state index is 0.0314. The predicted molar refractivity (Wildman–Crippen MR) is 224 cm³/mol. The summed E-state index contributed by atoms with van der Waals surface area (Å²) in [6.45, 7) is 14.8. The minimum atomic E-state index is -1.50. The molecule has 0 aliphatic heterocycles. The average Bonchev–Trinajstić information content (AvgIpc) is 3.15. The molecule has 0 saturated heterocycles. The van der Waals surface area contributed by atoms with Gasteiger partial charge in [0, 0.05) is 18.7 Å². The number of ether oxygens (including phenoxy) is 3. The molecule has 1 aliphatic carbocycles. The van der Waals surface area contributed by atoms with Gasteiger partial charge < -0.3 is 45.6 Å². The fourth-order valence-electron chi connectivity index (χ4n) is 5.99. The zero-order valence-corrected chi connectivity index (χ0v) is 35.1. The lowest BCUT2D eigenvalue weighted by molar-refractivity contribution is -0.151. The average molecular weight is 809 g/mol. The Bertz CT molecular complexity index is 1680. The Kier molecular flexibility index (Phi) is 22.2. The van der Waals surface area contributed by atoms with Crippen molar-refractivity contribution < 1.29 is 48.4 Å². The van der Waals surface area contributed by atoms with Gasteiger partial charge in [-0.05, 0) is 80.1 Å². The van der Waals surface area contributed by atoms with Crippen molar-refractivity contribution in [3.05, 3.63) is 94.6 Å². The molecule has 58 heavy (non-hydrogen) atoms. The molecule has 14 heteroatoms. The van der Waals surface area contributed by atoms with E-state index >= 15 is 0 Å². The first-order chi connectivity index (χ1) is 27.5. The Hall–Kier alpha value is -4.89. The number of hydrogen-bond acceptors (Lipinski definition) is 11. The maximum Gasteiger partial charge on any atom is 0.328 e. The smallest absolute Gasteiger partial charge is 0.328 e. The van der Waals surface area contributed by atoms with Crippen molar-refractivity contribution >= 4 is 29.5 Å². The number of carboxylic acids is 1. The number of carbonyl (C=O) groups is 4. The number of nitrogens with two attached hydrogens (primary N) is 1. The number of oxime groups is 1. The van der Waals surface area contributed by atoms with Crippen LogP contribution in [0.1, 0.15) is 73.3 Å². The van der Waals surface area contributed by atoms with E-state index in [4.69, 9.17) is 29.9 Å². The predicted octanol–water partition coefficient (Wildman–Crippen LogP) is 4.74. The molecule has 1 aromatic carbocycles. The first-order valence-electron chi connectivity index (χ1n) is 19.7. The second kappa shape index (κ2) is 26.2. The molecular weight excluding hydrogens is 745 g/mol. The summed E-state index contributed by atoms with van der Waals surface area (Å²) in [4.78, 5) is 54.0. The van der Waals surface area contributed by atoms with E-state index in [1.807, 2.05) is 76.3 Å². The fourth-order valence-corrected chi connectivity index (χ4v) is 5.99. The van der Waals surface area contributed by atoms with Gasteiger partial charge in [0.15, 0.2) is 6.61 Å². The largest absolute Gasteiger partial charge is 0.478 e. The molecule has 0 unspecified atom stereocenters. The molecule has 1 aromatic rings. The highest BCUT2D eigenvalue weighted by atomic mass is 16.6. The van der Waals surface area contributed by atoms with Gasteiger partial charge in [-0.25, -0.2) is 9.59 Å². The summed E-state index contributed by atoms with van der Waals surface area (Å²) in [7, 11) is 0. The van der Waals surface area contributed by atoms with E-state index in [-0.39, 0.29) is 63.4 Å². The normalized spacial score (nSPS) is 17.1. The maximum absolute atomic E-state index is 12.8. The molecule has 3 atom stereocenters. The van der Waals surface area contributed by atoms with Crippen LogP contribution < -0.4 is 16.4 Å². The number of allylic oxidation sites excluding steroid dienone is 9. The van der Waals surface area contributed by atoms with Crippen LogP contribution >= 0.6 is 0 Å². The molecule has 0 heterocycles. The Morgan fingerprint density at radius 1 is 0.983 bits per heavy atom. The molecule has 1 aliphatic rings. The van der Waals surface area contributed by atoms with Crippen LogP contribution in [-0.4, -0.2) is 104 Å². The highest BCUT2D eigenvalue weighted by molar-refractivity contribution is 6.01. The molecular formula is C44H64N4O10. The van der Waals surface area contributed by atoms with E-state index in [2.05, 4.69) is 35.7 Å². The Morgan fingerprint density at radius 2 is 1.66 bits per heavy atom. The van der Waals surface area contributed by atoms with Crippen molar-refractivity contribution in [3.63, 3.8) is 0 Å². The van der Waals surface area contributed by atoms with E-state index < -0.39 is 36.0 Å². The number of hydrogen-bond donors (Lipinski definition) is 5. The van der Waals surface area contributed by atoms with Crippen LogP contribution in [0.15, 0.2) is 94.2 Å². The van der Waals surface area contributed by atoms with E-state index in [9.17, 15) is 24.3 Å². The first-order valence-corrected chi connectivity index (χ1v) is 19.7. The lowest BCUT2D eigenvalue weighted by Crippen LogP contribution is -2.52. The van der Waals surface area contributed by atoms with Crippen LogP contribution in [0.3, 0.4) is 0 Å². The number of carbonyl (C=O) groups excluding carboxylic acids is 3. The second-order valence-corrected chi connectivity index (χ2v) is 15.3. The Morgan fingerprint density at radius 3 is 2.33 bits per heavy atom. The highest BCUT2D eigenvalue weighted by Gasteiger charge is 2.31. The van der Waals surface area contributed by atoms with Crippen LogP contribution in [0.4, 0.5) is 0 Å². The lowest BCUT2D eigenvalue weighted by atomic mass is 9.72. The number of benzene rings is 1. The maximum atomic E-state index is 12.8. The number of carboxylic acid groups (broad SMARTS) is 1. The van der Waals surface area contributed by atoms with Crippen LogP contribution in [0, 0.1) is 11.3 Å². The summed E-state index contributed by atoms with van der Waals surface area (Å²) in [5, 5.41) is 28.9. The van der Waals surface area contributed by atoms with Crippen LogP contribution in [0.5, 0.6) is 0 Å². The van der Waals surface area contributed by atoms with E-state index in [1.165, 1.54) is 0 Å². The van der Waals surface area contributed by atoms with Gasteiger partial charge in [0.2, 0.25) is 0 Å². The third kappa shape index (κ3) is 19.5. The molecule has 0 spiro atoms. The van der Waals surface area contributed by atoms with E-state index in [0.717, 1.165) is 46.9 Å². The molecule has 0 aromatic heterocycles. The first kappa shape index (κ1) is 49.3. The standard InChI is InChI=1S/C44H64N4O10/c1-30(2)26-38(47-42(53)41(52)36(45)28-34-14-9-8-10-15-34)43(54)57-25-24-56-23-22-55-21-20-46-39(49)29-58-48-37-18-19-44(6,7)35(33(37)5)17-16-31(3)12-11-13-32(4)27-40(50)51/h8-17,27,30,36,38,41,52H,18-26,28-29,45H2,1-7H3,(H,46,49)(H,47,53)(H,50,51)/b13-11+,17-16+,31-12+,32-27+,48-37-/t36-,38+,41+/m1/s1. The monoisotopic (exact) mass is 808 g/mol. The molecule has 14 nitrogen and oxygen atoms in total. The molecule has 2 amide bonds. The Balaban J connectivity index is 1.67. The quantitative estimate of drug-likeness (QED) is 0.0300. The molecule has 0 radical (unpaired) electrons. The SMILES string of the molecule is CC1=C(/C=C/C(C)=C/C=C/C(C)=C/C(=O)O)C(C)(C)CC/C1=N/OCC(=O)NCCOCCOCCOC(=O)[C@H](CC(C)C)NC(=O)[C@@H](O)[C@H](N)Cc1ccccc1. The van der Waals surface area contributed by atoms with Gasteiger partial charge in [-0.2, -0.15) is 0 Å². The third-order valence-electron chi connectivity index (χ3n) is 9.21. The van der Waals surface area contributed by atoms with Crippen molar-refractivity contribution in [3.8, 4) is 0 Å². The number of nitrogens with one attached hydrogen (secondary N) is 2. The fraction of sp³-hybridized carbons (Fsp3) is 0.523. The van der Waals surface area contributed by atoms with Crippen LogP contribution in [0.2, 0.25) is 0 Å². The summed E-state index contributed by atoms with van der Waals surface area (Å²) < 4.78 is 16.3. The van der Waals surface area contributed by atoms with Gasteiger partial charge in [-0.3, -0.25) is 9.59 Å². The molecule has 0 saturated carbocycles. The zero-order chi connectivity index (χ0) is 43.1. The summed E-state index contributed by atoms with van der Waals surface area (Å²) in [6, 6.07) is 7.49. The Labute approximate surface area is 343 Å². The van der Waals surface area contributed by atoms with Gasteiger partial charge in [0.25, 0.3) is 11.8 Å². The van der Waals surface area contributed by atoms with Crippen molar-refractivity contribution in [2.24, 2.45) is 22.2 Å². The topological polar surface area (TPSA) is 208 Å². The summed E-state index contributed by atoms with van der Waals surface area (Å²) >= 11 is 0. The van der Waals surface area contributed by atoms with Crippen molar-refractivity contribution in [1.29, 1.82) is 0 Å². The molecule has 0 fully saturated rings. The van der Waals surface area contributed by atoms with Gasteiger partial charge in [-0.15, -0.1) is 0 Å². The number of aliphatic carboxylic acids is 1. The lowest BCUT2D eigenvalue weighted by Gasteiger charge is -2.33. The molecule has 0 bridgehead atoms. The van der Waals surface area contributed by atoms with Gasteiger partial charge in [0.1, 0.15) is 18.8 Å². The van der Waals surface area contributed by atoms with Crippen molar-refractivity contribution in [1.82, 2.24) is 10.6 Å². The number of rotatable bonds is 25. The van der Waals surface area contributed by atoms with Gasteiger partial charge in [-0.1, -0.05) is 99.1 Å². The molecule has 2 rings (SSSR count). The third-order valence-corrected chi connectivity index (χ3v) is 9.21. The van der Waals surface area contributed by atoms with Gasteiger partial charge in [0.05, 0.1) is 32.1 Å². The number of aliphatic hydroxyl groups is 1. The number of esters is 1. The van der Waals surface area contributed by atoms with Crippen molar-refractivity contribution in [2.45, 2.75) is 92.3 Å². The molecule has 6 N–H and O–H groups in total. The number of aliphatic hydroxyl groups excluding tert-OH is 1. The number of nitrogens with zero attached hydrogens (tertiary/aromatic N) is 1. The summed E-state index contributed by atoms with van der Waals surface area (Å²) in [6.07, 6.45) is 11.4. The van der Waals surface area contributed by atoms with E-state index in [0.29, 0.717) is 18.4 Å². The molecule has 320 valence electrons. The number of amides is 2. The summed E-state index contributed by atoms with van der Waals surface area (Å²) in [5.41, 5.74) is 11.4. The van der Waals surface area contributed by atoms with Gasteiger partial charge >= 0.3 is 11.9 Å².